The van der Waals surface area contributed by atoms with E-state index >= 15 is 0 Å². The molecule has 0 aromatic carbocycles. The Morgan fingerprint density at radius 1 is 1.29 bits per heavy atom. The number of carbonyl (C=O) groups is 1. The van der Waals surface area contributed by atoms with Crippen LogP contribution in [0.3, 0.4) is 0 Å². The van der Waals surface area contributed by atoms with E-state index in [4.69, 9.17) is 4.84 Å². The molecule has 1 heterocycles. The van der Waals surface area contributed by atoms with Crippen LogP contribution in [0.1, 0.15) is 55.8 Å². The van der Waals surface area contributed by atoms with Crippen molar-refractivity contribution in [3.05, 3.63) is 0 Å². The minimum absolute atomic E-state index is 0. The summed E-state index contributed by atoms with van der Waals surface area (Å²) < 4.78 is 0. The molecule has 1 N–H and O–H groups in total. The number of hydrogen-bond donors (Lipinski definition) is 1. The molecule has 1 aliphatic rings. The molecule has 0 aliphatic carbocycles. The van der Waals surface area contributed by atoms with Crippen LogP contribution in [0.4, 0.5) is 0 Å². The van der Waals surface area contributed by atoms with Crippen LogP contribution in [-0.2, 0) is 9.63 Å². The molecule has 1 aliphatic heterocycles. The molecular weight excluding hydrogens is 266 g/mol. The summed E-state index contributed by atoms with van der Waals surface area (Å²) in [7, 11) is 1.75. The summed E-state index contributed by atoms with van der Waals surface area (Å²) in [5.41, 5.74) is -0.0916. The third-order valence-corrected chi connectivity index (χ3v) is 4.40. The number of hydroxylamine groups is 2. The first kappa shape index (κ1) is 18.4. The number of piperidine rings is 1. The predicted molar refractivity (Wildman–Crippen MR) is 88.1 cm³/mol. The Kier molecular flexibility index (Phi) is 6.20. The molecule has 5 nitrogen and oxygen atoms in total. The fourth-order valence-corrected chi connectivity index (χ4v) is 3.90. The van der Waals surface area contributed by atoms with Crippen molar-refractivity contribution in [2.45, 2.75) is 71.5 Å². The summed E-state index contributed by atoms with van der Waals surface area (Å²) in [5, 5.41) is 5.00. The van der Waals surface area contributed by atoms with E-state index in [1.165, 1.54) is 0 Å². The number of nitrogens with zero attached hydrogens (tertiary/aromatic N) is 2. The Morgan fingerprint density at radius 3 is 2.19 bits per heavy atom. The van der Waals surface area contributed by atoms with Crippen LogP contribution in [0, 0.1) is 0 Å². The molecule has 5 heteroatoms. The fourth-order valence-electron chi connectivity index (χ4n) is 3.90. The third-order valence-electron chi connectivity index (χ3n) is 4.40. The van der Waals surface area contributed by atoms with Gasteiger partial charge in [-0.1, -0.05) is 6.92 Å². The molecule has 1 amide bonds. The lowest BCUT2D eigenvalue weighted by Crippen LogP contribution is -2.64. The number of amides is 1. The number of carbonyl (C=O) groups excluding carboxylic acids is 1. The summed E-state index contributed by atoms with van der Waals surface area (Å²) in [6, 6.07) is 0.397. The van der Waals surface area contributed by atoms with Crippen LogP contribution in [0.25, 0.3) is 0 Å². The molecule has 126 valence electrons. The third kappa shape index (κ3) is 4.41. The van der Waals surface area contributed by atoms with Crippen LogP contribution in [0.5, 0.6) is 0 Å². The van der Waals surface area contributed by atoms with Gasteiger partial charge in [-0.25, -0.2) is 0 Å². The molecule has 1 saturated heterocycles. The van der Waals surface area contributed by atoms with E-state index in [0.29, 0.717) is 19.1 Å². The first-order valence-electron chi connectivity index (χ1n) is 8.03. The minimum atomic E-state index is -0.0458. The summed E-state index contributed by atoms with van der Waals surface area (Å²) in [6.07, 6.45) is 2.00. The fraction of sp³-hybridized carbons (Fsp3) is 0.938. The summed E-state index contributed by atoms with van der Waals surface area (Å²) in [6.45, 7) is 15.0. The first-order valence-corrected chi connectivity index (χ1v) is 8.03. The van der Waals surface area contributed by atoms with E-state index in [-0.39, 0.29) is 18.4 Å². The SMILES string of the molecule is CCNC(=O)CN(CC)C1CC(C)(C)N(OC)C(C)(C)C1.[HH]. The highest BCUT2D eigenvalue weighted by molar-refractivity contribution is 5.77. The smallest absolute Gasteiger partial charge is 0.234 e. The van der Waals surface area contributed by atoms with Crippen LogP contribution < -0.4 is 5.32 Å². The van der Waals surface area contributed by atoms with E-state index in [1.54, 1.807) is 7.11 Å². The second-order valence-electron chi connectivity index (χ2n) is 7.18. The van der Waals surface area contributed by atoms with Gasteiger partial charge in [0.25, 0.3) is 0 Å². The Hall–Kier alpha value is -0.650. The molecule has 0 spiro atoms. The summed E-state index contributed by atoms with van der Waals surface area (Å²) in [5.74, 6) is 0.115. The van der Waals surface area contributed by atoms with Gasteiger partial charge in [-0.15, -0.1) is 0 Å². The maximum atomic E-state index is 11.9. The number of hydrogen-bond acceptors (Lipinski definition) is 4. The van der Waals surface area contributed by atoms with E-state index in [1.807, 2.05) is 6.92 Å². The van der Waals surface area contributed by atoms with Crippen molar-refractivity contribution in [3.63, 3.8) is 0 Å². The van der Waals surface area contributed by atoms with Gasteiger partial charge in [0.15, 0.2) is 0 Å². The molecule has 0 unspecified atom stereocenters. The Morgan fingerprint density at radius 2 is 1.81 bits per heavy atom. The highest BCUT2D eigenvalue weighted by Gasteiger charge is 2.47. The van der Waals surface area contributed by atoms with Crippen molar-refractivity contribution in [2.24, 2.45) is 0 Å². The molecule has 0 aromatic heterocycles. The maximum absolute atomic E-state index is 11.9. The van der Waals surface area contributed by atoms with E-state index in [9.17, 15) is 4.79 Å². The van der Waals surface area contributed by atoms with Crippen molar-refractivity contribution in [1.82, 2.24) is 15.3 Å². The van der Waals surface area contributed by atoms with Crippen LogP contribution >= 0.6 is 0 Å². The van der Waals surface area contributed by atoms with Crippen LogP contribution in [0.2, 0.25) is 0 Å². The normalized spacial score (nSPS) is 22.5. The lowest BCUT2D eigenvalue weighted by Gasteiger charge is -2.55. The Balaban J connectivity index is 0.00000441. The first-order chi connectivity index (χ1) is 9.67. The van der Waals surface area contributed by atoms with Crippen molar-refractivity contribution < 1.29 is 11.1 Å². The lowest BCUT2D eigenvalue weighted by atomic mass is 9.78. The van der Waals surface area contributed by atoms with Crippen molar-refractivity contribution >= 4 is 5.91 Å². The zero-order valence-corrected chi connectivity index (χ0v) is 14.8. The monoisotopic (exact) mass is 301 g/mol. The van der Waals surface area contributed by atoms with Gasteiger partial charge in [-0.3, -0.25) is 9.69 Å². The predicted octanol–water partition coefficient (Wildman–Crippen LogP) is 2.27. The summed E-state index contributed by atoms with van der Waals surface area (Å²) >= 11 is 0. The lowest BCUT2D eigenvalue weighted by molar-refractivity contribution is -0.272. The number of nitrogens with one attached hydrogen (secondary N) is 1. The highest BCUT2D eigenvalue weighted by atomic mass is 16.7. The second-order valence-corrected chi connectivity index (χ2v) is 7.18. The molecule has 21 heavy (non-hydrogen) atoms. The number of likely N-dealkylation sites (N-methyl/N-ethyl adjacent to an activating group) is 2. The molecule has 0 atom stereocenters. The number of rotatable bonds is 6. The van der Waals surface area contributed by atoms with E-state index in [0.717, 1.165) is 19.4 Å². The molecule has 0 radical (unpaired) electrons. The van der Waals surface area contributed by atoms with Gasteiger partial charge in [0.1, 0.15) is 0 Å². The van der Waals surface area contributed by atoms with Crippen molar-refractivity contribution in [2.75, 3.05) is 26.7 Å². The van der Waals surface area contributed by atoms with Gasteiger partial charge < -0.3 is 10.2 Å². The topological polar surface area (TPSA) is 44.8 Å². The minimum Gasteiger partial charge on any atom is -0.355 e. The average molecular weight is 301 g/mol. The zero-order chi connectivity index (χ0) is 16.3. The molecular formula is C16H35N3O2. The van der Waals surface area contributed by atoms with Crippen LogP contribution in [0.15, 0.2) is 0 Å². The van der Waals surface area contributed by atoms with Crippen LogP contribution in [-0.4, -0.2) is 59.7 Å². The van der Waals surface area contributed by atoms with Crippen molar-refractivity contribution in [1.29, 1.82) is 0 Å². The largest absolute Gasteiger partial charge is 0.355 e. The standard InChI is InChI=1S/C16H33N3O2.H2/c1-8-17-14(20)12-18(9-2)13-10-15(3,4)19(21-7)16(5,6)11-13;/h13H,8-12H2,1-7H3,(H,17,20);1H. The zero-order valence-electron chi connectivity index (χ0n) is 14.8. The van der Waals surface area contributed by atoms with E-state index < -0.39 is 0 Å². The quantitative estimate of drug-likeness (QED) is 0.817. The van der Waals surface area contributed by atoms with Gasteiger partial charge in [-0.05, 0) is 54.0 Å². The second kappa shape index (κ2) is 7.07. The van der Waals surface area contributed by atoms with Gasteiger partial charge >= 0.3 is 0 Å². The van der Waals surface area contributed by atoms with E-state index in [2.05, 4.69) is 49.9 Å². The highest BCUT2D eigenvalue weighted by Crippen LogP contribution is 2.40. The molecule has 0 bridgehead atoms. The molecule has 1 fully saturated rings. The molecule has 0 saturated carbocycles. The molecule has 1 rings (SSSR count). The molecule has 0 aromatic rings. The average Bonchev–Trinajstić information content (AvgIpc) is 2.33. The summed E-state index contributed by atoms with van der Waals surface area (Å²) in [4.78, 5) is 19.8. The Labute approximate surface area is 131 Å². The van der Waals surface area contributed by atoms with Gasteiger partial charge in [-0.2, -0.15) is 5.06 Å². The van der Waals surface area contributed by atoms with Gasteiger partial charge in [0, 0.05) is 25.1 Å². The maximum Gasteiger partial charge on any atom is 0.234 e. The van der Waals surface area contributed by atoms with Gasteiger partial charge in [0.05, 0.1) is 13.7 Å². The Bertz CT molecular complexity index is 343. The van der Waals surface area contributed by atoms with Crippen molar-refractivity contribution in [3.8, 4) is 0 Å². The van der Waals surface area contributed by atoms with Gasteiger partial charge in [0.2, 0.25) is 5.91 Å².